The summed E-state index contributed by atoms with van der Waals surface area (Å²) >= 11 is 1.43. The van der Waals surface area contributed by atoms with E-state index in [1.807, 2.05) is 32.0 Å². The molecule has 1 unspecified atom stereocenters. The highest BCUT2D eigenvalue weighted by atomic mass is 32.1. The Bertz CT molecular complexity index is 997. The third kappa shape index (κ3) is 5.78. The Hall–Kier alpha value is -2.88. The average Bonchev–Trinajstić information content (AvgIpc) is 3.50. The Kier molecular flexibility index (Phi) is 8.21. The van der Waals surface area contributed by atoms with Gasteiger partial charge in [0.15, 0.2) is 11.5 Å². The van der Waals surface area contributed by atoms with Crippen molar-refractivity contribution in [2.45, 2.75) is 46.0 Å². The van der Waals surface area contributed by atoms with Crippen molar-refractivity contribution in [3.8, 4) is 11.5 Å². The van der Waals surface area contributed by atoms with E-state index in [-0.39, 0.29) is 17.7 Å². The van der Waals surface area contributed by atoms with Gasteiger partial charge in [0.25, 0.3) is 0 Å². The lowest BCUT2D eigenvalue weighted by Crippen LogP contribution is -2.43. The van der Waals surface area contributed by atoms with E-state index in [9.17, 15) is 9.59 Å². The summed E-state index contributed by atoms with van der Waals surface area (Å²) in [6.45, 7) is 7.79. The van der Waals surface area contributed by atoms with Crippen LogP contribution in [0.1, 0.15) is 45.1 Å². The first-order chi connectivity index (χ1) is 16.6. The summed E-state index contributed by atoms with van der Waals surface area (Å²) < 4.78 is 11.3. The summed E-state index contributed by atoms with van der Waals surface area (Å²) in [5, 5.41) is 13.1. The van der Waals surface area contributed by atoms with Crippen LogP contribution in [-0.2, 0) is 16.0 Å². The summed E-state index contributed by atoms with van der Waals surface area (Å²) in [6.07, 6.45) is 3.94. The number of piperidine rings is 1. The van der Waals surface area contributed by atoms with Crippen LogP contribution in [0.15, 0.2) is 18.2 Å². The lowest BCUT2D eigenvalue weighted by Gasteiger charge is -2.31. The van der Waals surface area contributed by atoms with Crippen molar-refractivity contribution < 1.29 is 19.1 Å². The summed E-state index contributed by atoms with van der Waals surface area (Å²) in [5.74, 6) is 1.57. The number of rotatable bonds is 10. The molecule has 4 rings (SSSR count). The number of hydrogen-bond acceptors (Lipinski definition) is 8. The number of amides is 2. The normalized spacial score (nSPS) is 18.3. The summed E-state index contributed by atoms with van der Waals surface area (Å²) in [7, 11) is 0. The molecule has 9 nitrogen and oxygen atoms in total. The molecule has 0 saturated carbocycles. The lowest BCUT2D eigenvalue weighted by atomic mass is 9.97. The van der Waals surface area contributed by atoms with Gasteiger partial charge in [-0.15, -0.1) is 10.2 Å². The second-order valence-corrected chi connectivity index (χ2v) is 9.42. The zero-order chi connectivity index (χ0) is 23.9. The smallest absolute Gasteiger partial charge is 0.228 e. The summed E-state index contributed by atoms with van der Waals surface area (Å²) in [6, 6.07) is 5.93. The summed E-state index contributed by atoms with van der Waals surface area (Å²) in [4.78, 5) is 28.7. The van der Waals surface area contributed by atoms with E-state index >= 15 is 0 Å². The van der Waals surface area contributed by atoms with E-state index in [0.29, 0.717) is 44.4 Å². The van der Waals surface area contributed by atoms with Crippen molar-refractivity contribution in [3.63, 3.8) is 0 Å². The third-order valence-electron chi connectivity index (χ3n) is 6.09. The van der Waals surface area contributed by atoms with E-state index in [4.69, 9.17) is 9.47 Å². The molecule has 2 amide bonds. The van der Waals surface area contributed by atoms with Crippen LogP contribution in [0.2, 0.25) is 0 Å². The summed E-state index contributed by atoms with van der Waals surface area (Å²) in [5.41, 5.74) is 1.09. The molecule has 2 aliphatic heterocycles. The van der Waals surface area contributed by atoms with Crippen LogP contribution in [0.4, 0.5) is 10.3 Å². The molecule has 2 aromatic rings. The molecule has 2 aliphatic rings. The molecule has 184 valence electrons. The van der Waals surface area contributed by atoms with Crippen molar-refractivity contribution >= 4 is 33.4 Å². The Labute approximate surface area is 204 Å². The number of carbonyl (C=O) groups excluding carboxylic acids is 2. The molecule has 1 aromatic carbocycles. The number of ether oxygens (including phenoxy) is 2. The number of hydrogen-bond donors (Lipinski definition) is 1. The van der Waals surface area contributed by atoms with E-state index < -0.39 is 0 Å². The van der Waals surface area contributed by atoms with Gasteiger partial charge in [0, 0.05) is 32.6 Å². The number of nitrogens with one attached hydrogen (secondary N) is 1. The van der Waals surface area contributed by atoms with Gasteiger partial charge >= 0.3 is 0 Å². The predicted octanol–water partition coefficient (Wildman–Crippen LogP) is 3.04. The fraction of sp³-hybridized carbons (Fsp3) is 0.583. The molecule has 3 heterocycles. The average molecular weight is 488 g/mol. The van der Waals surface area contributed by atoms with Gasteiger partial charge in [-0.3, -0.25) is 14.5 Å². The Balaban J connectivity index is 1.29. The van der Waals surface area contributed by atoms with Crippen LogP contribution < -0.4 is 24.6 Å². The number of carbonyl (C=O) groups is 2. The number of anilines is 2. The van der Waals surface area contributed by atoms with Gasteiger partial charge in [-0.05, 0) is 57.2 Å². The van der Waals surface area contributed by atoms with Crippen LogP contribution in [0.25, 0.3) is 0 Å². The molecular weight excluding hydrogens is 454 g/mol. The molecule has 0 radical (unpaired) electrons. The van der Waals surface area contributed by atoms with Gasteiger partial charge in [0.05, 0.1) is 19.1 Å². The van der Waals surface area contributed by atoms with Crippen molar-refractivity contribution in [3.05, 3.63) is 23.8 Å². The molecule has 0 bridgehead atoms. The van der Waals surface area contributed by atoms with Gasteiger partial charge in [0.2, 0.25) is 22.1 Å². The van der Waals surface area contributed by atoms with Crippen LogP contribution >= 0.6 is 11.3 Å². The lowest BCUT2D eigenvalue weighted by molar-refractivity contribution is -0.125. The van der Waals surface area contributed by atoms with Crippen LogP contribution in [0.3, 0.4) is 0 Å². The van der Waals surface area contributed by atoms with Crippen LogP contribution in [-0.4, -0.2) is 61.4 Å². The molecular formula is C24H33N5O4S. The highest BCUT2D eigenvalue weighted by Gasteiger charge is 2.30. The van der Waals surface area contributed by atoms with Crippen molar-refractivity contribution in [1.29, 1.82) is 0 Å². The second kappa shape index (κ2) is 11.5. The molecule has 1 atom stereocenters. The van der Waals surface area contributed by atoms with Crippen LogP contribution in [0, 0.1) is 5.92 Å². The van der Waals surface area contributed by atoms with Crippen LogP contribution in [0.5, 0.6) is 11.5 Å². The van der Waals surface area contributed by atoms with Crippen molar-refractivity contribution in [2.75, 3.05) is 49.2 Å². The van der Waals surface area contributed by atoms with E-state index in [1.54, 1.807) is 4.90 Å². The van der Waals surface area contributed by atoms with Gasteiger partial charge in [0.1, 0.15) is 0 Å². The minimum atomic E-state index is -0.0890. The second-order valence-electron chi connectivity index (χ2n) is 8.49. The first-order valence-corrected chi connectivity index (χ1v) is 13.0. The van der Waals surface area contributed by atoms with Gasteiger partial charge < -0.3 is 19.7 Å². The molecule has 2 fully saturated rings. The van der Waals surface area contributed by atoms with Gasteiger partial charge in [-0.2, -0.15) is 0 Å². The molecule has 1 N–H and O–H groups in total. The first kappa shape index (κ1) is 24.3. The zero-order valence-corrected chi connectivity index (χ0v) is 20.7. The quantitative estimate of drug-likeness (QED) is 0.550. The minimum Gasteiger partial charge on any atom is -0.490 e. The van der Waals surface area contributed by atoms with E-state index in [2.05, 4.69) is 20.4 Å². The Morgan fingerprint density at radius 3 is 2.68 bits per heavy atom. The van der Waals surface area contributed by atoms with Gasteiger partial charge in [-0.1, -0.05) is 17.4 Å². The SMILES string of the molecule is CCOc1ccc(CCNC(=O)C2CCCN(c3nnc(N4CCCC4=O)s3)C2)cc1OCC. The molecule has 0 aliphatic carbocycles. The number of nitrogens with zero attached hydrogens (tertiary/aromatic N) is 4. The topological polar surface area (TPSA) is 96.9 Å². The molecule has 0 spiro atoms. The van der Waals surface area contributed by atoms with E-state index in [0.717, 1.165) is 54.4 Å². The highest BCUT2D eigenvalue weighted by molar-refractivity contribution is 7.19. The van der Waals surface area contributed by atoms with Crippen molar-refractivity contribution in [1.82, 2.24) is 15.5 Å². The first-order valence-electron chi connectivity index (χ1n) is 12.1. The predicted molar refractivity (Wildman–Crippen MR) is 132 cm³/mol. The highest BCUT2D eigenvalue weighted by Crippen LogP contribution is 2.32. The molecule has 10 heteroatoms. The fourth-order valence-electron chi connectivity index (χ4n) is 4.39. The number of aromatic nitrogens is 2. The Morgan fingerprint density at radius 1 is 1.12 bits per heavy atom. The third-order valence-corrected chi connectivity index (χ3v) is 7.10. The maximum Gasteiger partial charge on any atom is 0.228 e. The zero-order valence-electron chi connectivity index (χ0n) is 19.9. The molecule has 2 saturated heterocycles. The maximum absolute atomic E-state index is 12.9. The number of benzene rings is 1. The molecule has 1 aromatic heterocycles. The maximum atomic E-state index is 12.9. The minimum absolute atomic E-state index is 0.0696. The monoisotopic (exact) mass is 487 g/mol. The van der Waals surface area contributed by atoms with E-state index in [1.165, 1.54) is 11.3 Å². The fourth-order valence-corrected chi connectivity index (χ4v) is 5.31. The Morgan fingerprint density at radius 2 is 1.91 bits per heavy atom. The largest absolute Gasteiger partial charge is 0.490 e. The molecule has 34 heavy (non-hydrogen) atoms. The van der Waals surface area contributed by atoms with Gasteiger partial charge in [-0.25, -0.2) is 0 Å². The standard InChI is InChI=1S/C24H33N5O4S/c1-3-32-19-10-9-17(15-20(19)33-4-2)11-12-25-22(31)18-7-5-13-28(16-18)23-26-27-24(34-23)29-14-6-8-21(29)30/h9-10,15,18H,3-8,11-14,16H2,1-2H3,(H,25,31). The van der Waals surface area contributed by atoms with Crippen molar-refractivity contribution in [2.24, 2.45) is 5.92 Å².